The maximum Gasteiger partial charge on any atom is 0.346 e. The molecule has 0 aliphatic heterocycles. The van der Waals surface area contributed by atoms with Gasteiger partial charge in [-0.2, -0.15) is 0 Å². The van der Waals surface area contributed by atoms with Gasteiger partial charge in [-0.05, 0) is 30.7 Å². The second-order valence-corrected chi connectivity index (χ2v) is 10.0. The van der Waals surface area contributed by atoms with Crippen molar-refractivity contribution in [1.29, 1.82) is 0 Å². The Balaban J connectivity index is 2.31. The maximum atomic E-state index is 5.97. The van der Waals surface area contributed by atoms with Crippen molar-refractivity contribution in [3.05, 3.63) is 0 Å². The van der Waals surface area contributed by atoms with Crippen LogP contribution < -0.4 is 0 Å². The predicted molar refractivity (Wildman–Crippen MR) is 64.1 cm³/mol. The Kier molecular flexibility index (Phi) is 2.99. The van der Waals surface area contributed by atoms with Crippen LogP contribution in [0.4, 0.5) is 0 Å². The third-order valence-electron chi connectivity index (χ3n) is 4.85. The smallest absolute Gasteiger partial charge is 0.346 e. The van der Waals surface area contributed by atoms with Gasteiger partial charge in [-0.25, -0.2) is 0 Å². The average molecular weight is 228 g/mol. The molecule has 88 valence electrons. The topological polar surface area (TPSA) is 18.5 Å². The van der Waals surface area contributed by atoms with E-state index in [0.29, 0.717) is 10.6 Å². The Morgan fingerprint density at radius 3 is 1.93 bits per heavy atom. The second-order valence-electron chi connectivity index (χ2n) is 5.66. The minimum Gasteiger partial charge on any atom is -0.397 e. The molecule has 2 nitrogen and oxygen atoms in total. The molecular formula is C12H24O2Si. The quantitative estimate of drug-likeness (QED) is 0.686. The van der Waals surface area contributed by atoms with Gasteiger partial charge in [-0.1, -0.05) is 26.7 Å². The highest BCUT2D eigenvalue weighted by molar-refractivity contribution is 6.72. The van der Waals surface area contributed by atoms with E-state index in [1.54, 1.807) is 0 Å². The first kappa shape index (κ1) is 11.6. The van der Waals surface area contributed by atoms with Crippen molar-refractivity contribution >= 4 is 8.56 Å². The fourth-order valence-corrected chi connectivity index (χ4v) is 9.04. The van der Waals surface area contributed by atoms with Crippen molar-refractivity contribution in [1.82, 2.24) is 0 Å². The van der Waals surface area contributed by atoms with E-state index in [1.165, 1.54) is 32.1 Å². The highest BCUT2D eigenvalue weighted by Gasteiger charge is 2.63. The zero-order chi connectivity index (χ0) is 11.1. The fourth-order valence-electron chi connectivity index (χ4n) is 4.28. The van der Waals surface area contributed by atoms with Crippen LogP contribution in [0.15, 0.2) is 0 Å². The van der Waals surface area contributed by atoms with Gasteiger partial charge in [0.15, 0.2) is 0 Å². The highest BCUT2D eigenvalue weighted by atomic mass is 28.4. The summed E-state index contributed by atoms with van der Waals surface area (Å²) in [4.78, 5) is 0. The molecular weight excluding hydrogens is 204 g/mol. The van der Waals surface area contributed by atoms with E-state index in [1.807, 2.05) is 14.2 Å². The van der Waals surface area contributed by atoms with Crippen LogP contribution in [0.25, 0.3) is 0 Å². The molecule has 2 aliphatic carbocycles. The molecule has 0 heterocycles. The molecule has 0 saturated heterocycles. The van der Waals surface area contributed by atoms with Crippen LogP contribution in [0.2, 0.25) is 10.6 Å². The lowest BCUT2D eigenvalue weighted by Crippen LogP contribution is -2.53. The van der Waals surface area contributed by atoms with E-state index in [2.05, 4.69) is 13.8 Å². The van der Waals surface area contributed by atoms with Crippen molar-refractivity contribution in [3.8, 4) is 0 Å². The monoisotopic (exact) mass is 228 g/mol. The molecule has 0 amide bonds. The van der Waals surface area contributed by atoms with Gasteiger partial charge in [-0.15, -0.1) is 0 Å². The van der Waals surface area contributed by atoms with Crippen LogP contribution in [-0.2, 0) is 8.85 Å². The van der Waals surface area contributed by atoms with Gasteiger partial charge in [0.05, 0.1) is 0 Å². The Hall–Kier alpha value is 0.137. The van der Waals surface area contributed by atoms with Gasteiger partial charge in [-0.3, -0.25) is 0 Å². The van der Waals surface area contributed by atoms with Crippen molar-refractivity contribution in [2.45, 2.75) is 56.5 Å². The van der Waals surface area contributed by atoms with E-state index in [4.69, 9.17) is 8.85 Å². The molecule has 0 N–H and O–H groups in total. The summed E-state index contributed by atoms with van der Waals surface area (Å²) in [5.41, 5.74) is 0.560. The lowest BCUT2D eigenvalue weighted by Gasteiger charge is -2.45. The molecule has 3 heteroatoms. The standard InChI is InChI=1S/C12H24O2Si/c1-10(2)15(13-3,14-4)12-7-5-11(9-12)6-8-12/h10-11H,5-9H2,1-4H3. The molecule has 0 atom stereocenters. The van der Waals surface area contributed by atoms with Gasteiger partial charge in [0.2, 0.25) is 0 Å². The molecule has 2 aliphatic rings. The molecule has 15 heavy (non-hydrogen) atoms. The molecule has 2 saturated carbocycles. The summed E-state index contributed by atoms with van der Waals surface area (Å²) in [6.07, 6.45) is 6.90. The van der Waals surface area contributed by atoms with E-state index in [9.17, 15) is 0 Å². The predicted octanol–water partition coefficient (Wildman–Crippen LogP) is 3.47. The number of hydrogen-bond donors (Lipinski definition) is 0. The molecule has 0 aromatic heterocycles. The van der Waals surface area contributed by atoms with Crippen molar-refractivity contribution < 1.29 is 8.85 Å². The molecule has 0 radical (unpaired) electrons. The van der Waals surface area contributed by atoms with Crippen LogP contribution >= 0.6 is 0 Å². The third kappa shape index (κ3) is 1.43. The summed E-state index contributed by atoms with van der Waals surface area (Å²) in [6, 6.07) is 0. The van der Waals surface area contributed by atoms with E-state index in [0.717, 1.165) is 5.92 Å². The molecule has 2 bridgehead atoms. The van der Waals surface area contributed by atoms with Crippen molar-refractivity contribution in [2.75, 3.05) is 14.2 Å². The van der Waals surface area contributed by atoms with Gasteiger partial charge in [0.25, 0.3) is 0 Å². The van der Waals surface area contributed by atoms with Crippen LogP contribution in [0.3, 0.4) is 0 Å². The Morgan fingerprint density at radius 2 is 1.67 bits per heavy atom. The minimum absolute atomic E-state index is 0.440. The van der Waals surface area contributed by atoms with Crippen LogP contribution in [0.1, 0.15) is 46.0 Å². The number of rotatable bonds is 4. The minimum atomic E-state index is -2.00. The zero-order valence-corrected chi connectivity index (χ0v) is 11.5. The van der Waals surface area contributed by atoms with Gasteiger partial charge >= 0.3 is 8.56 Å². The largest absolute Gasteiger partial charge is 0.397 e. The first-order chi connectivity index (χ1) is 7.10. The fraction of sp³-hybridized carbons (Fsp3) is 1.00. The van der Waals surface area contributed by atoms with E-state index >= 15 is 0 Å². The van der Waals surface area contributed by atoms with Crippen molar-refractivity contribution in [2.24, 2.45) is 5.92 Å². The first-order valence-corrected chi connectivity index (χ1v) is 8.10. The van der Waals surface area contributed by atoms with E-state index < -0.39 is 8.56 Å². The Bertz CT molecular complexity index is 228. The summed E-state index contributed by atoms with van der Waals surface area (Å²) in [5.74, 6) is 0.973. The molecule has 2 fully saturated rings. The first-order valence-electron chi connectivity index (χ1n) is 6.20. The third-order valence-corrected chi connectivity index (χ3v) is 9.76. The SMILES string of the molecule is CO[Si](OC)(C(C)C)C12CCC(CC1)C2. The Morgan fingerprint density at radius 1 is 1.13 bits per heavy atom. The zero-order valence-electron chi connectivity index (χ0n) is 10.5. The highest BCUT2D eigenvalue weighted by Crippen LogP contribution is 2.66. The summed E-state index contributed by atoms with van der Waals surface area (Å²) in [6.45, 7) is 4.55. The van der Waals surface area contributed by atoms with Gasteiger partial charge < -0.3 is 8.85 Å². The summed E-state index contributed by atoms with van der Waals surface area (Å²) in [5, 5.41) is 0.440. The lowest BCUT2D eigenvalue weighted by molar-refractivity contribution is 0.191. The summed E-state index contributed by atoms with van der Waals surface area (Å²) >= 11 is 0. The van der Waals surface area contributed by atoms with Crippen LogP contribution in [0.5, 0.6) is 0 Å². The molecule has 0 spiro atoms. The Labute approximate surface area is 94.6 Å². The number of fused-ring (bicyclic) bond motifs is 2. The van der Waals surface area contributed by atoms with Crippen molar-refractivity contribution in [3.63, 3.8) is 0 Å². The molecule has 2 rings (SSSR count). The molecule has 0 unspecified atom stereocenters. The van der Waals surface area contributed by atoms with E-state index in [-0.39, 0.29) is 0 Å². The molecule has 0 aromatic rings. The number of hydrogen-bond acceptors (Lipinski definition) is 2. The van der Waals surface area contributed by atoms with Crippen LogP contribution in [-0.4, -0.2) is 22.8 Å². The summed E-state index contributed by atoms with van der Waals surface area (Å²) < 4.78 is 11.9. The van der Waals surface area contributed by atoms with Gasteiger partial charge in [0.1, 0.15) is 0 Å². The lowest BCUT2D eigenvalue weighted by atomic mass is 10.0. The maximum absolute atomic E-state index is 5.97. The second kappa shape index (κ2) is 3.86. The average Bonchev–Trinajstić information content (AvgIpc) is 2.80. The normalized spacial score (nSPS) is 35.4. The summed E-state index contributed by atoms with van der Waals surface area (Å²) in [7, 11) is 1.75. The van der Waals surface area contributed by atoms with Gasteiger partial charge in [0, 0.05) is 19.3 Å². The van der Waals surface area contributed by atoms with Crippen LogP contribution in [0, 0.1) is 5.92 Å². The molecule has 0 aromatic carbocycles.